The summed E-state index contributed by atoms with van der Waals surface area (Å²) in [6.45, 7) is 0.606. The first-order valence-electron chi connectivity index (χ1n) is 10.9. The monoisotopic (exact) mass is 459 g/mol. The zero-order chi connectivity index (χ0) is 23.8. The fraction of sp³-hybridized carbons (Fsp3) is 0.200. The molecule has 1 aliphatic rings. The van der Waals surface area contributed by atoms with Gasteiger partial charge in [-0.25, -0.2) is 16.3 Å². The predicted octanol–water partition coefficient (Wildman–Crippen LogP) is 3.27. The van der Waals surface area contributed by atoms with Crippen LogP contribution in [-0.4, -0.2) is 29.7 Å². The normalized spacial score (nSPS) is 17.5. The molecule has 0 saturated carbocycles. The number of benzene rings is 3. The molecule has 0 spiro atoms. The largest absolute Gasteiger partial charge is 0.493 e. The molecule has 3 aromatic rings. The van der Waals surface area contributed by atoms with Gasteiger partial charge in [0.25, 0.3) is 11.6 Å². The average Bonchev–Trinajstić information content (AvgIpc) is 3.36. The van der Waals surface area contributed by atoms with E-state index in [9.17, 15) is 14.9 Å². The number of nitro benzene ring substituents is 1. The molecule has 1 aliphatic heterocycles. The average molecular weight is 460 g/mol. The van der Waals surface area contributed by atoms with Crippen LogP contribution in [0.1, 0.15) is 29.2 Å². The molecule has 0 bridgehead atoms. The summed E-state index contributed by atoms with van der Waals surface area (Å²) in [6, 6.07) is 23.5. The van der Waals surface area contributed by atoms with Crippen molar-refractivity contribution in [2.24, 2.45) is 5.10 Å². The second kappa shape index (κ2) is 11.2. The Labute approximate surface area is 197 Å². The summed E-state index contributed by atoms with van der Waals surface area (Å²) in [5, 5.41) is 14.6. The summed E-state index contributed by atoms with van der Waals surface area (Å²) in [5.74, 6) is 0.537. The molecule has 0 aliphatic carbocycles. The van der Waals surface area contributed by atoms with Gasteiger partial charge in [0.2, 0.25) is 0 Å². The predicted molar refractivity (Wildman–Crippen MR) is 128 cm³/mol. The van der Waals surface area contributed by atoms with E-state index in [4.69, 9.17) is 4.74 Å². The molecule has 9 heteroatoms. The molecule has 4 rings (SSSR count). The molecular formula is C25H25N5O4. The molecule has 1 fully saturated rings. The molecule has 174 valence electrons. The maximum absolute atomic E-state index is 12.4. The Kier molecular flexibility index (Phi) is 7.59. The van der Waals surface area contributed by atoms with Gasteiger partial charge in [0.05, 0.1) is 17.7 Å². The van der Waals surface area contributed by atoms with Crippen LogP contribution in [0.5, 0.6) is 5.75 Å². The molecule has 0 aromatic heterocycles. The number of hydrogen-bond acceptors (Lipinski definition) is 7. The minimum Gasteiger partial charge on any atom is -0.493 e. The van der Waals surface area contributed by atoms with Gasteiger partial charge in [0.1, 0.15) is 11.8 Å². The number of nitrogens with zero attached hydrogens (tertiary/aromatic N) is 2. The van der Waals surface area contributed by atoms with E-state index in [0.717, 1.165) is 17.7 Å². The zero-order valence-corrected chi connectivity index (χ0v) is 18.4. The van der Waals surface area contributed by atoms with Crippen LogP contribution >= 0.6 is 0 Å². The van der Waals surface area contributed by atoms with Crippen molar-refractivity contribution in [2.45, 2.75) is 24.9 Å². The zero-order valence-electron chi connectivity index (χ0n) is 18.4. The Bertz CT molecular complexity index is 1130. The number of rotatable bonds is 9. The first kappa shape index (κ1) is 23.1. The highest BCUT2D eigenvalue weighted by molar-refractivity contribution is 5.85. The van der Waals surface area contributed by atoms with Crippen molar-refractivity contribution in [3.05, 3.63) is 106 Å². The van der Waals surface area contributed by atoms with E-state index in [0.29, 0.717) is 18.6 Å². The summed E-state index contributed by atoms with van der Waals surface area (Å²) < 4.78 is 5.84. The van der Waals surface area contributed by atoms with E-state index in [1.165, 1.54) is 23.9 Å². The summed E-state index contributed by atoms with van der Waals surface area (Å²) in [5.41, 5.74) is 11.6. The van der Waals surface area contributed by atoms with Crippen molar-refractivity contribution < 1.29 is 14.5 Å². The van der Waals surface area contributed by atoms with Crippen LogP contribution in [0.15, 0.2) is 84.0 Å². The summed E-state index contributed by atoms with van der Waals surface area (Å²) in [7, 11) is 0. The summed E-state index contributed by atoms with van der Waals surface area (Å²) >= 11 is 0. The molecule has 9 nitrogen and oxygen atoms in total. The molecule has 3 aromatic carbocycles. The Morgan fingerprint density at radius 1 is 1.06 bits per heavy atom. The van der Waals surface area contributed by atoms with Crippen LogP contribution in [-0.2, 0) is 11.2 Å². The third-order valence-corrected chi connectivity index (χ3v) is 5.50. The quantitative estimate of drug-likeness (QED) is 0.257. The van der Waals surface area contributed by atoms with E-state index in [1.54, 1.807) is 12.1 Å². The smallest absolute Gasteiger partial charge is 0.269 e. The lowest BCUT2D eigenvalue weighted by Gasteiger charge is -2.11. The number of ether oxygens (including phenoxy) is 1. The van der Waals surface area contributed by atoms with Gasteiger partial charge in [0.15, 0.2) is 0 Å². The van der Waals surface area contributed by atoms with Gasteiger partial charge in [-0.1, -0.05) is 42.5 Å². The highest BCUT2D eigenvalue weighted by Gasteiger charge is 2.30. The maximum atomic E-state index is 12.4. The van der Waals surface area contributed by atoms with Gasteiger partial charge < -0.3 is 4.74 Å². The number of nitro groups is 1. The molecule has 0 radical (unpaired) electrons. The fourth-order valence-electron chi connectivity index (χ4n) is 3.60. The third-order valence-electron chi connectivity index (χ3n) is 5.50. The third kappa shape index (κ3) is 6.25. The lowest BCUT2D eigenvalue weighted by Crippen LogP contribution is -2.41. The molecule has 1 saturated heterocycles. The van der Waals surface area contributed by atoms with Crippen LogP contribution in [0.2, 0.25) is 0 Å². The maximum Gasteiger partial charge on any atom is 0.269 e. The molecule has 1 heterocycles. The van der Waals surface area contributed by atoms with Crippen molar-refractivity contribution in [3.63, 3.8) is 0 Å². The highest BCUT2D eigenvalue weighted by atomic mass is 16.6. The number of hydrogen-bond donors (Lipinski definition) is 3. The van der Waals surface area contributed by atoms with Gasteiger partial charge in [-0.2, -0.15) is 5.10 Å². The fourth-order valence-corrected chi connectivity index (χ4v) is 3.60. The molecule has 34 heavy (non-hydrogen) atoms. The van der Waals surface area contributed by atoms with E-state index >= 15 is 0 Å². The Balaban J connectivity index is 1.22. The standard InChI is InChI=1S/C25H25N5O4/c31-25(29-26-17-19-6-10-21(11-7-19)30(32)33)24-16-23(27-28-24)20-8-12-22(13-9-20)34-15-14-18-4-2-1-3-5-18/h1-13,17,23-24,27-28H,14-16H2,(H,29,31)/b26-17+. The second-order valence-electron chi connectivity index (χ2n) is 7.87. The molecule has 1 amide bonds. The van der Waals surface area contributed by atoms with Gasteiger partial charge >= 0.3 is 0 Å². The highest BCUT2D eigenvalue weighted by Crippen LogP contribution is 2.24. The summed E-state index contributed by atoms with van der Waals surface area (Å²) in [6.07, 6.45) is 2.85. The van der Waals surface area contributed by atoms with Crippen molar-refractivity contribution in [3.8, 4) is 5.75 Å². The number of non-ortho nitro benzene ring substituents is 1. The van der Waals surface area contributed by atoms with Crippen LogP contribution in [0.25, 0.3) is 0 Å². The van der Waals surface area contributed by atoms with Crippen LogP contribution in [0, 0.1) is 10.1 Å². The van der Waals surface area contributed by atoms with Gasteiger partial charge in [0, 0.05) is 24.6 Å². The number of amides is 1. The number of carbonyl (C=O) groups is 1. The number of hydrazone groups is 1. The second-order valence-corrected chi connectivity index (χ2v) is 7.87. The molecular weight excluding hydrogens is 434 g/mol. The molecule has 2 unspecified atom stereocenters. The van der Waals surface area contributed by atoms with Crippen LogP contribution in [0.4, 0.5) is 5.69 Å². The van der Waals surface area contributed by atoms with E-state index < -0.39 is 11.0 Å². The van der Waals surface area contributed by atoms with Gasteiger partial charge in [-0.15, -0.1) is 0 Å². The minimum atomic E-state index is -0.468. The number of nitrogens with one attached hydrogen (secondary N) is 3. The Morgan fingerprint density at radius 3 is 2.50 bits per heavy atom. The van der Waals surface area contributed by atoms with Crippen LogP contribution < -0.4 is 21.0 Å². The van der Waals surface area contributed by atoms with Crippen LogP contribution in [0.3, 0.4) is 0 Å². The topological polar surface area (TPSA) is 118 Å². The van der Waals surface area contributed by atoms with Crippen molar-refractivity contribution in [2.75, 3.05) is 6.61 Å². The van der Waals surface area contributed by atoms with E-state index in [2.05, 4.69) is 33.5 Å². The van der Waals surface area contributed by atoms with Gasteiger partial charge in [-0.3, -0.25) is 14.9 Å². The Morgan fingerprint density at radius 2 is 1.79 bits per heavy atom. The van der Waals surface area contributed by atoms with Crippen molar-refractivity contribution in [1.29, 1.82) is 0 Å². The van der Waals surface area contributed by atoms with E-state index in [-0.39, 0.29) is 17.6 Å². The number of carbonyl (C=O) groups excluding carboxylic acids is 1. The summed E-state index contributed by atoms with van der Waals surface area (Å²) in [4.78, 5) is 22.6. The molecule has 3 N–H and O–H groups in total. The van der Waals surface area contributed by atoms with E-state index in [1.807, 2.05) is 42.5 Å². The van der Waals surface area contributed by atoms with Crippen molar-refractivity contribution >= 4 is 17.8 Å². The lowest BCUT2D eigenvalue weighted by atomic mass is 10.0. The first-order valence-corrected chi connectivity index (χ1v) is 10.9. The SMILES string of the molecule is O=C(N/N=C/c1ccc([N+](=O)[O-])cc1)C1CC(c2ccc(OCCc3ccccc3)cc2)NN1. The molecule has 2 atom stereocenters. The van der Waals surface area contributed by atoms with Crippen molar-refractivity contribution in [1.82, 2.24) is 16.3 Å². The first-order chi connectivity index (χ1) is 16.6. The Hall–Kier alpha value is -4.08. The minimum absolute atomic E-state index is 0.000219. The van der Waals surface area contributed by atoms with Gasteiger partial charge in [-0.05, 0) is 47.4 Å². The number of hydrazine groups is 1. The lowest BCUT2D eigenvalue weighted by molar-refractivity contribution is -0.384.